The van der Waals surface area contributed by atoms with Gasteiger partial charge < -0.3 is 9.64 Å². The molecule has 0 unspecified atom stereocenters. The number of carbonyl (C=O) groups excluding carboxylic acids is 3. The molecule has 0 aliphatic carbocycles. The van der Waals surface area contributed by atoms with E-state index in [1.165, 1.54) is 35.2 Å². The molecule has 0 fully saturated rings. The van der Waals surface area contributed by atoms with Crippen molar-refractivity contribution in [2.45, 2.75) is 6.92 Å². The number of amides is 3. The van der Waals surface area contributed by atoms with Crippen LogP contribution in [0.15, 0.2) is 66.7 Å². The molecule has 0 aromatic heterocycles. The molecule has 32 heavy (non-hydrogen) atoms. The monoisotopic (exact) mass is 432 g/mol. The minimum atomic E-state index is -0.471. The molecule has 0 radical (unpaired) electrons. The highest BCUT2D eigenvalue weighted by atomic mass is 19.1. The van der Waals surface area contributed by atoms with Crippen molar-refractivity contribution in [3.8, 4) is 5.75 Å². The lowest BCUT2D eigenvalue weighted by molar-refractivity contribution is 0.0772. The molecule has 0 spiro atoms. The van der Waals surface area contributed by atoms with E-state index in [0.29, 0.717) is 5.69 Å². The van der Waals surface area contributed by atoms with Gasteiger partial charge in [-0.05, 0) is 48.9 Å². The summed E-state index contributed by atoms with van der Waals surface area (Å²) < 4.78 is 19.0. The summed E-state index contributed by atoms with van der Waals surface area (Å²) in [6, 6.07) is 17.7. The maximum absolute atomic E-state index is 13.6. The largest absolute Gasteiger partial charge is 0.489 e. The number of ether oxygens (including phenoxy) is 1. The fraction of sp³-hybridized carbons (Fsp3) is 0.160. The van der Waals surface area contributed by atoms with Crippen molar-refractivity contribution in [1.29, 1.82) is 0 Å². The lowest BCUT2D eigenvalue weighted by Crippen LogP contribution is -2.31. The molecule has 0 N–H and O–H groups in total. The number of carbonyl (C=O) groups is 3. The molecule has 3 amide bonds. The van der Waals surface area contributed by atoms with Gasteiger partial charge in [-0.3, -0.25) is 14.4 Å². The van der Waals surface area contributed by atoms with E-state index in [2.05, 4.69) is 0 Å². The predicted molar refractivity (Wildman–Crippen MR) is 118 cm³/mol. The number of anilines is 1. The Bertz CT molecular complexity index is 1220. The summed E-state index contributed by atoms with van der Waals surface area (Å²) >= 11 is 0. The molecule has 0 saturated heterocycles. The average molecular weight is 432 g/mol. The first kappa shape index (κ1) is 21.2. The highest BCUT2D eigenvalue weighted by Gasteiger charge is 2.37. The molecule has 6 nitrogen and oxygen atoms in total. The van der Waals surface area contributed by atoms with Gasteiger partial charge in [0.2, 0.25) is 0 Å². The fourth-order valence-electron chi connectivity index (χ4n) is 3.58. The van der Waals surface area contributed by atoms with Gasteiger partial charge >= 0.3 is 0 Å². The number of imide groups is 1. The molecule has 162 valence electrons. The van der Waals surface area contributed by atoms with Gasteiger partial charge in [-0.15, -0.1) is 0 Å². The summed E-state index contributed by atoms with van der Waals surface area (Å²) in [6.45, 7) is 2.14. The number of para-hydroxylation sites is 2. The van der Waals surface area contributed by atoms with Gasteiger partial charge in [0, 0.05) is 12.6 Å². The first-order valence-electron chi connectivity index (χ1n) is 10.1. The summed E-state index contributed by atoms with van der Waals surface area (Å²) in [5.74, 6) is -1.56. The summed E-state index contributed by atoms with van der Waals surface area (Å²) in [5.41, 5.74) is 2.06. The van der Waals surface area contributed by atoms with Crippen LogP contribution in [0.2, 0.25) is 0 Å². The second-order valence-electron chi connectivity index (χ2n) is 7.50. The Morgan fingerprint density at radius 2 is 1.66 bits per heavy atom. The molecule has 1 aliphatic heterocycles. The first-order chi connectivity index (χ1) is 15.4. The van der Waals surface area contributed by atoms with Gasteiger partial charge in [-0.25, -0.2) is 9.29 Å². The van der Waals surface area contributed by atoms with Crippen LogP contribution in [0.3, 0.4) is 0 Å². The van der Waals surface area contributed by atoms with Crippen LogP contribution in [0, 0.1) is 12.7 Å². The predicted octanol–water partition coefficient (Wildman–Crippen LogP) is 4.09. The average Bonchev–Trinajstić information content (AvgIpc) is 3.04. The van der Waals surface area contributed by atoms with Crippen molar-refractivity contribution in [3.05, 3.63) is 94.8 Å². The van der Waals surface area contributed by atoms with Crippen molar-refractivity contribution in [3.63, 3.8) is 0 Å². The second-order valence-corrected chi connectivity index (χ2v) is 7.50. The van der Waals surface area contributed by atoms with Crippen molar-refractivity contribution < 1.29 is 23.5 Å². The maximum atomic E-state index is 13.6. The van der Waals surface area contributed by atoms with Gasteiger partial charge in [0.15, 0.2) is 11.6 Å². The van der Waals surface area contributed by atoms with Crippen LogP contribution in [-0.2, 0) is 0 Å². The maximum Gasteiger partial charge on any atom is 0.266 e. The molecule has 7 heteroatoms. The van der Waals surface area contributed by atoms with Crippen molar-refractivity contribution in [2.24, 2.45) is 0 Å². The lowest BCUT2D eigenvalue weighted by atomic mass is 10.0. The summed E-state index contributed by atoms with van der Waals surface area (Å²) in [4.78, 5) is 41.2. The Kier molecular flexibility index (Phi) is 5.73. The molecule has 4 rings (SSSR count). The Morgan fingerprint density at radius 3 is 2.41 bits per heavy atom. The first-order valence-corrected chi connectivity index (χ1v) is 10.1. The summed E-state index contributed by atoms with van der Waals surface area (Å²) in [6.07, 6.45) is 0. The van der Waals surface area contributed by atoms with E-state index in [0.717, 1.165) is 10.5 Å². The molecule has 0 saturated carbocycles. The van der Waals surface area contributed by atoms with E-state index in [-0.39, 0.29) is 41.5 Å². The molecular formula is C25H21FN2O4. The third-order valence-corrected chi connectivity index (χ3v) is 5.36. The number of halogens is 1. The normalized spacial score (nSPS) is 12.7. The van der Waals surface area contributed by atoms with Gasteiger partial charge in [0.25, 0.3) is 17.7 Å². The fourth-order valence-corrected chi connectivity index (χ4v) is 3.58. The number of nitrogens with zero attached hydrogens (tertiary/aromatic N) is 2. The number of benzene rings is 3. The quantitative estimate of drug-likeness (QED) is 0.551. The number of aryl methyl sites for hydroxylation is 1. The van der Waals surface area contributed by atoms with Gasteiger partial charge in [-0.2, -0.15) is 0 Å². The van der Waals surface area contributed by atoms with E-state index >= 15 is 0 Å². The van der Waals surface area contributed by atoms with Gasteiger partial charge in [0.05, 0.1) is 23.4 Å². The topological polar surface area (TPSA) is 66.9 Å². The zero-order valence-corrected chi connectivity index (χ0v) is 17.7. The van der Waals surface area contributed by atoms with E-state index in [4.69, 9.17) is 4.74 Å². The van der Waals surface area contributed by atoms with Gasteiger partial charge in [0.1, 0.15) is 6.61 Å². The van der Waals surface area contributed by atoms with E-state index < -0.39 is 17.6 Å². The van der Waals surface area contributed by atoms with Crippen LogP contribution in [-0.4, -0.2) is 42.8 Å². The van der Waals surface area contributed by atoms with Crippen LogP contribution in [0.4, 0.5) is 10.1 Å². The number of likely N-dealkylation sites (N-methyl/N-ethyl adjacent to an activating group) is 1. The molecule has 3 aromatic carbocycles. The Morgan fingerprint density at radius 1 is 0.969 bits per heavy atom. The summed E-state index contributed by atoms with van der Waals surface area (Å²) in [7, 11) is 1.59. The summed E-state index contributed by atoms with van der Waals surface area (Å²) in [5, 5.41) is 0. The van der Waals surface area contributed by atoms with Crippen molar-refractivity contribution in [1.82, 2.24) is 4.90 Å². The van der Waals surface area contributed by atoms with Crippen LogP contribution in [0.1, 0.15) is 36.6 Å². The van der Waals surface area contributed by atoms with Crippen LogP contribution < -0.4 is 9.64 Å². The van der Waals surface area contributed by atoms with Crippen LogP contribution >= 0.6 is 0 Å². The van der Waals surface area contributed by atoms with Crippen molar-refractivity contribution >= 4 is 23.4 Å². The zero-order chi connectivity index (χ0) is 22.8. The van der Waals surface area contributed by atoms with Crippen molar-refractivity contribution in [2.75, 3.05) is 25.1 Å². The standard InChI is InChI=1S/C25H21FN2O4/c1-16-7-3-5-9-21(16)28-24(30)18-12-11-17(15-19(18)25(28)31)23(29)27(2)13-14-32-22-10-6-4-8-20(22)26/h3-12,15H,13-14H2,1-2H3. The molecule has 3 aromatic rings. The highest BCUT2D eigenvalue weighted by molar-refractivity contribution is 6.35. The Balaban J connectivity index is 1.48. The Hall–Kier alpha value is -4.00. The lowest BCUT2D eigenvalue weighted by Gasteiger charge is -2.18. The number of fused-ring (bicyclic) bond motifs is 1. The van der Waals surface area contributed by atoms with E-state index in [1.54, 1.807) is 31.3 Å². The smallest absolute Gasteiger partial charge is 0.266 e. The van der Waals surface area contributed by atoms with E-state index in [9.17, 15) is 18.8 Å². The Labute approximate surface area is 184 Å². The molecular weight excluding hydrogens is 411 g/mol. The van der Waals surface area contributed by atoms with Crippen LogP contribution in [0.25, 0.3) is 0 Å². The number of rotatable bonds is 6. The number of hydrogen-bond acceptors (Lipinski definition) is 4. The van der Waals surface area contributed by atoms with Gasteiger partial charge in [-0.1, -0.05) is 30.3 Å². The van der Waals surface area contributed by atoms with E-state index in [1.807, 2.05) is 19.1 Å². The molecule has 0 atom stereocenters. The molecule has 1 aliphatic rings. The minimum Gasteiger partial charge on any atom is -0.489 e. The third-order valence-electron chi connectivity index (χ3n) is 5.36. The molecule has 0 bridgehead atoms. The zero-order valence-electron chi connectivity index (χ0n) is 17.7. The SMILES string of the molecule is Cc1ccccc1N1C(=O)c2ccc(C(=O)N(C)CCOc3ccccc3F)cc2C1=O. The third kappa shape index (κ3) is 3.85. The highest BCUT2D eigenvalue weighted by Crippen LogP contribution is 2.31. The second kappa shape index (κ2) is 8.63. The minimum absolute atomic E-state index is 0.104. The number of hydrogen-bond donors (Lipinski definition) is 0. The van der Waals surface area contributed by atoms with Crippen LogP contribution in [0.5, 0.6) is 5.75 Å². The molecule has 1 heterocycles.